The maximum atomic E-state index is 6.41. The molecule has 4 nitrogen and oxygen atoms in total. The molecule has 1 aromatic heterocycles. The number of nitrogens with zero attached hydrogens (tertiary/aromatic N) is 2. The van der Waals surface area contributed by atoms with Gasteiger partial charge in [0.1, 0.15) is 0 Å². The lowest BCUT2D eigenvalue weighted by molar-refractivity contribution is 0.219. The second-order valence-corrected chi connectivity index (χ2v) is 7.44. The SMILES string of the molecule is NC1(c2nc(CSc3ccc(Br)cc3)no2)CCCCC1. The average molecular weight is 368 g/mol. The molecule has 0 aliphatic heterocycles. The fourth-order valence-electron chi connectivity index (χ4n) is 2.59. The summed E-state index contributed by atoms with van der Waals surface area (Å²) in [5.41, 5.74) is 6.00. The van der Waals surface area contributed by atoms with Crippen LogP contribution < -0.4 is 5.73 Å². The number of benzene rings is 1. The van der Waals surface area contributed by atoms with Crippen molar-refractivity contribution in [1.82, 2.24) is 10.1 Å². The minimum Gasteiger partial charge on any atom is -0.337 e. The lowest BCUT2D eigenvalue weighted by Crippen LogP contribution is -2.38. The molecule has 0 spiro atoms. The Morgan fingerprint density at radius 1 is 1.19 bits per heavy atom. The van der Waals surface area contributed by atoms with Gasteiger partial charge in [0.2, 0.25) is 5.89 Å². The van der Waals surface area contributed by atoms with Crippen molar-refractivity contribution in [3.63, 3.8) is 0 Å². The van der Waals surface area contributed by atoms with Crippen molar-refractivity contribution in [1.29, 1.82) is 0 Å². The second kappa shape index (κ2) is 6.50. The molecule has 0 unspecified atom stereocenters. The minimum atomic E-state index is -0.411. The third-order valence-corrected chi connectivity index (χ3v) is 5.36. The van der Waals surface area contributed by atoms with Gasteiger partial charge >= 0.3 is 0 Å². The lowest BCUT2D eigenvalue weighted by atomic mass is 9.82. The number of nitrogens with two attached hydrogens (primary N) is 1. The molecule has 3 rings (SSSR count). The number of hydrogen-bond acceptors (Lipinski definition) is 5. The van der Waals surface area contributed by atoms with E-state index in [1.165, 1.54) is 11.3 Å². The summed E-state index contributed by atoms with van der Waals surface area (Å²) in [6, 6.07) is 8.20. The monoisotopic (exact) mass is 367 g/mol. The van der Waals surface area contributed by atoms with Gasteiger partial charge in [0.15, 0.2) is 5.82 Å². The first kappa shape index (κ1) is 15.1. The van der Waals surface area contributed by atoms with Crippen LogP contribution in [-0.2, 0) is 11.3 Å². The first-order valence-electron chi connectivity index (χ1n) is 7.16. The van der Waals surface area contributed by atoms with E-state index in [1.807, 2.05) is 12.1 Å². The highest BCUT2D eigenvalue weighted by Gasteiger charge is 2.35. The van der Waals surface area contributed by atoms with Crippen LogP contribution in [-0.4, -0.2) is 10.1 Å². The van der Waals surface area contributed by atoms with Crippen molar-refractivity contribution in [2.24, 2.45) is 5.73 Å². The average Bonchev–Trinajstić information content (AvgIpc) is 2.97. The zero-order valence-electron chi connectivity index (χ0n) is 11.7. The standard InChI is InChI=1S/C15H18BrN3OS/c16-11-4-6-12(7-5-11)21-10-13-18-14(20-19-13)15(17)8-2-1-3-9-15/h4-7H,1-3,8-10,17H2. The second-order valence-electron chi connectivity index (χ2n) is 5.48. The quantitative estimate of drug-likeness (QED) is 0.818. The predicted molar refractivity (Wildman–Crippen MR) is 87.0 cm³/mol. The van der Waals surface area contributed by atoms with Crippen LogP contribution >= 0.6 is 27.7 Å². The Morgan fingerprint density at radius 3 is 2.62 bits per heavy atom. The van der Waals surface area contributed by atoms with Gasteiger partial charge in [-0.2, -0.15) is 4.98 Å². The summed E-state index contributed by atoms with van der Waals surface area (Å²) in [4.78, 5) is 5.69. The summed E-state index contributed by atoms with van der Waals surface area (Å²) in [6.07, 6.45) is 5.41. The van der Waals surface area contributed by atoms with E-state index in [4.69, 9.17) is 10.3 Å². The Balaban J connectivity index is 1.63. The highest BCUT2D eigenvalue weighted by molar-refractivity contribution is 9.10. The molecule has 1 heterocycles. The van der Waals surface area contributed by atoms with E-state index < -0.39 is 5.54 Å². The van der Waals surface area contributed by atoms with Crippen molar-refractivity contribution < 1.29 is 4.52 Å². The molecule has 1 fully saturated rings. The van der Waals surface area contributed by atoms with E-state index in [-0.39, 0.29) is 0 Å². The molecule has 0 amide bonds. The van der Waals surface area contributed by atoms with Crippen LogP contribution in [0.4, 0.5) is 0 Å². The molecule has 1 saturated carbocycles. The third-order valence-electron chi connectivity index (χ3n) is 3.82. The fourth-order valence-corrected chi connectivity index (χ4v) is 3.60. The highest BCUT2D eigenvalue weighted by Crippen LogP contribution is 2.34. The smallest absolute Gasteiger partial charge is 0.246 e. The van der Waals surface area contributed by atoms with Gasteiger partial charge in [-0.3, -0.25) is 0 Å². The molecular formula is C15H18BrN3OS. The summed E-state index contributed by atoms with van der Waals surface area (Å²) < 4.78 is 6.49. The van der Waals surface area contributed by atoms with Crippen molar-refractivity contribution >= 4 is 27.7 Å². The molecule has 2 aromatic rings. The Bertz CT molecular complexity index is 593. The van der Waals surface area contributed by atoms with Crippen molar-refractivity contribution in [3.05, 3.63) is 40.5 Å². The largest absolute Gasteiger partial charge is 0.337 e. The fraction of sp³-hybridized carbons (Fsp3) is 0.467. The van der Waals surface area contributed by atoms with Crippen molar-refractivity contribution in [2.75, 3.05) is 0 Å². The van der Waals surface area contributed by atoms with Gasteiger partial charge < -0.3 is 10.3 Å². The van der Waals surface area contributed by atoms with E-state index in [2.05, 4.69) is 38.2 Å². The van der Waals surface area contributed by atoms with Crippen LogP contribution in [0.1, 0.15) is 43.8 Å². The van der Waals surface area contributed by atoms with Crippen LogP contribution in [0.2, 0.25) is 0 Å². The van der Waals surface area contributed by atoms with Gasteiger partial charge in [-0.1, -0.05) is 40.3 Å². The number of rotatable bonds is 4. The topological polar surface area (TPSA) is 64.9 Å². The summed E-state index contributed by atoms with van der Waals surface area (Å²) in [5.74, 6) is 2.02. The van der Waals surface area contributed by atoms with Gasteiger partial charge in [0.05, 0.1) is 11.3 Å². The van der Waals surface area contributed by atoms with Crippen molar-refractivity contribution in [2.45, 2.75) is 48.3 Å². The van der Waals surface area contributed by atoms with Gasteiger partial charge in [-0.25, -0.2) is 0 Å². The normalized spacial score (nSPS) is 17.8. The summed E-state index contributed by atoms with van der Waals surface area (Å²) in [5, 5.41) is 4.07. The van der Waals surface area contributed by atoms with E-state index in [0.717, 1.165) is 30.2 Å². The van der Waals surface area contributed by atoms with Gasteiger partial charge in [0.25, 0.3) is 0 Å². The van der Waals surface area contributed by atoms with E-state index in [1.54, 1.807) is 11.8 Å². The van der Waals surface area contributed by atoms with Crippen LogP contribution in [0.15, 0.2) is 38.2 Å². The van der Waals surface area contributed by atoms with Crippen LogP contribution in [0.5, 0.6) is 0 Å². The Hall–Kier alpha value is -0.850. The molecule has 0 atom stereocenters. The predicted octanol–water partition coefficient (Wildman–Crippen LogP) is 4.24. The highest BCUT2D eigenvalue weighted by atomic mass is 79.9. The summed E-state index contributed by atoms with van der Waals surface area (Å²) in [6.45, 7) is 0. The third kappa shape index (κ3) is 3.67. The molecular weight excluding hydrogens is 350 g/mol. The first-order chi connectivity index (χ1) is 10.2. The molecule has 2 N–H and O–H groups in total. The van der Waals surface area contributed by atoms with Gasteiger partial charge in [-0.15, -0.1) is 11.8 Å². The number of thioether (sulfide) groups is 1. The minimum absolute atomic E-state index is 0.411. The molecule has 21 heavy (non-hydrogen) atoms. The molecule has 1 aliphatic rings. The first-order valence-corrected chi connectivity index (χ1v) is 8.94. The zero-order valence-corrected chi connectivity index (χ0v) is 14.1. The molecule has 112 valence electrons. The van der Waals surface area contributed by atoms with Crippen molar-refractivity contribution in [3.8, 4) is 0 Å². The van der Waals surface area contributed by atoms with Crippen LogP contribution in [0, 0.1) is 0 Å². The number of hydrogen-bond donors (Lipinski definition) is 1. The molecule has 1 aromatic carbocycles. The Morgan fingerprint density at radius 2 is 1.90 bits per heavy atom. The van der Waals surface area contributed by atoms with Crippen LogP contribution in [0.3, 0.4) is 0 Å². The van der Waals surface area contributed by atoms with Crippen LogP contribution in [0.25, 0.3) is 0 Å². The summed E-state index contributed by atoms with van der Waals surface area (Å²) >= 11 is 5.13. The maximum Gasteiger partial charge on any atom is 0.246 e. The molecule has 6 heteroatoms. The van der Waals surface area contributed by atoms with E-state index >= 15 is 0 Å². The van der Waals surface area contributed by atoms with E-state index in [9.17, 15) is 0 Å². The van der Waals surface area contributed by atoms with E-state index in [0.29, 0.717) is 17.5 Å². The Labute approximate surface area is 137 Å². The van der Waals surface area contributed by atoms with Gasteiger partial charge in [-0.05, 0) is 37.1 Å². The zero-order chi connectivity index (χ0) is 14.7. The van der Waals surface area contributed by atoms with Gasteiger partial charge in [0, 0.05) is 9.37 Å². The molecule has 1 aliphatic carbocycles. The Kier molecular flexibility index (Phi) is 4.66. The summed E-state index contributed by atoms with van der Waals surface area (Å²) in [7, 11) is 0. The maximum absolute atomic E-state index is 6.41. The number of aromatic nitrogens is 2. The molecule has 0 bridgehead atoms. The lowest BCUT2D eigenvalue weighted by Gasteiger charge is -2.29. The number of halogens is 1. The molecule has 0 radical (unpaired) electrons. The molecule has 0 saturated heterocycles.